The average molecular weight is 455 g/mol. The number of hydrogen-bond donors (Lipinski definition) is 0. The monoisotopic (exact) mass is 454 g/mol. The molecule has 4 aromatic rings. The van der Waals surface area contributed by atoms with Crippen molar-refractivity contribution in [2.24, 2.45) is 4.99 Å². The van der Waals surface area contributed by atoms with E-state index in [-0.39, 0.29) is 5.76 Å². The minimum Gasteiger partial charge on any atom is -0.490 e. The molecule has 0 saturated heterocycles. The van der Waals surface area contributed by atoms with Crippen molar-refractivity contribution in [2.45, 2.75) is 13.5 Å². The molecule has 0 aliphatic rings. The number of aromatic nitrogens is 1. The van der Waals surface area contributed by atoms with Gasteiger partial charge in [-0.25, -0.2) is 0 Å². The maximum absolute atomic E-state index is 12.8. The third-order valence-electron chi connectivity index (χ3n) is 4.11. The molecule has 0 fully saturated rings. The second-order valence-corrected chi connectivity index (χ2v) is 7.85. The van der Waals surface area contributed by atoms with Crippen LogP contribution in [0.1, 0.15) is 17.5 Å². The van der Waals surface area contributed by atoms with Gasteiger partial charge in [0, 0.05) is 9.86 Å². The van der Waals surface area contributed by atoms with Crippen molar-refractivity contribution in [2.75, 3.05) is 6.61 Å². The standard InChI is InChI=1S/C21H15BrN2O3S/c1-3-10-24-15-9-8-14(22)12-18(15)28-21(24)23-20(25)17-11-13-6-5-7-16(26-4-2)19(13)27-17/h1,5-9,11-12H,4,10H2,2H3. The number of ether oxygens (including phenoxy) is 1. The molecular weight excluding hydrogens is 440 g/mol. The Labute approximate surface area is 173 Å². The van der Waals surface area contributed by atoms with Gasteiger partial charge in [0.1, 0.15) is 0 Å². The van der Waals surface area contributed by atoms with Gasteiger partial charge in [0.15, 0.2) is 21.9 Å². The van der Waals surface area contributed by atoms with E-state index in [1.165, 1.54) is 11.3 Å². The van der Waals surface area contributed by atoms with Crippen LogP contribution >= 0.6 is 27.3 Å². The Bertz CT molecular complexity index is 1310. The first-order chi connectivity index (χ1) is 13.6. The fourth-order valence-corrected chi connectivity index (χ4v) is 4.51. The van der Waals surface area contributed by atoms with E-state index in [1.807, 2.05) is 47.9 Å². The molecule has 7 heteroatoms. The Hall–Kier alpha value is -2.82. The van der Waals surface area contributed by atoms with E-state index in [0.29, 0.717) is 29.3 Å². The number of rotatable bonds is 4. The summed E-state index contributed by atoms with van der Waals surface area (Å²) in [7, 11) is 0. The molecule has 2 aromatic carbocycles. The number of furan rings is 1. The minimum atomic E-state index is -0.463. The summed E-state index contributed by atoms with van der Waals surface area (Å²) in [5, 5.41) is 0.793. The molecule has 0 N–H and O–H groups in total. The van der Waals surface area contributed by atoms with Crippen LogP contribution in [-0.4, -0.2) is 17.1 Å². The van der Waals surface area contributed by atoms with Gasteiger partial charge >= 0.3 is 5.91 Å². The molecule has 140 valence electrons. The summed E-state index contributed by atoms with van der Waals surface area (Å²) in [6.45, 7) is 2.73. The summed E-state index contributed by atoms with van der Waals surface area (Å²) < 4.78 is 15.1. The number of carbonyl (C=O) groups is 1. The van der Waals surface area contributed by atoms with Gasteiger partial charge < -0.3 is 13.7 Å². The number of halogens is 1. The van der Waals surface area contributed by atoms with Gasteiger partial charge in [0.2, 0.25) is 0 Å². The first-order valence-corrected chi connectivity index (χ1v) is 10.2. The number of terminal acetylenes is 1. The third kappa shape index (κ3) is 3.37. The Kier molecular flexibility index (Phi) is 5.07. The molecule has 28 heavy (non-hydrogen) atoms. The molecule has 4 rings (SSSR count). The van der Waals surface area contributed by atoms with Crippen molar-refractivity contribution in [3.8, 4) is 18.1 Å². The molecule has 0 radical (unpaired) electrons. The molecule has 2 aromatic heterocycles. The smallest absolute Gasteiger partial charge is 0.315 e. The molecule has 0 bridgehead atoms. The molecule has 0 unspecified atom stereocenters. The number of nitrogens with zero attached hydrogens (tertiary/aromatic N) is 2. The number of benzene rings is 2. The highest BCUT2D eigenvalue weighted by Crippen LogP contribution is 2.29. The zero-order valence-electron chi connectivity index (χ0n) is 14.9. The lowest BCUT2D eigenvalue weighted by Gasteiger charge is -2.02. The number of fused-ring (bicyclic) bond motifs is 2. The molecule has 0 aliphatic heterocycles. The maximum atomic E-state index is 12.8. The normalized spacial score (nSPS) is 11.8. The van der Waals surface area contributed by atoms with Gasteiger partial charge in [0.05, 0.1) is 23.4 Å². The minimum absolute atomic E-state index is 0.160. The van der Waals surface area contributed by atoms with Gasteiger partial charge in [-0.15, -0.1) is 6.42 Å². The lowest BCUT2D eigenvalue weighted by molar-refractivity contribution is 0.0973. The Morgan fingerprint density at radius 3 is 3.00 bits per heavy atom. The summed E-state index contributed by atoms with van der Waals surface area (Å²) in [6, 6.07) is 13.1. The number of thiazole rings is 1. The predicted octanol–water partition coefficient (Wildman–Crippen LogP) is 4.98. The lowest BCUT2D eigenvalue weighted by Crippen LogP contribution is -2.16. The molecule has 0 spiro atoms. The quantitative estimate of drug-likeness (QED) is 0.408. The Balaban J connectivity index is 1.82. The Morgan fingerprint density at radius 2 is 2.21 bits per heavy atom. The van der Waals surface area contributed by atoms with Crippen LogP contribution in [-0.2, 0) is 6.54 Å². The topological polar surface area (TPSA) is 56.7 Å². The first-order valence-electron chi connectivity index (χ1n) is 8.57. The second-order valence-electron chi connectivity index (χ2n) is 5.92. The van der Waals surface area contributed by atoms with Crippen LogP contribution in [0.4, 0.5) is 0 Å². The van der Waals surface area contributed by atoms with Crippen molar-refractivity contribution in [3.05, 3.63) is 57.5 Å². The van der Waals surface area contributed by atoms with E-state index in [9.17, 15) is 4.79 Å². The third-order valence-corrected chi connectivity index (χ3v) is 5.64. The number of para-hydroxylation sites is 1. The highest BCUT2D eigenvalue weighted by atomic mass is 79.9. The van der Waals surface area contributed by atoms with E-state index in [4.69, 9.17) is 15.6 Å². The predicted molar refractivity (Wildman–Crippen MR) is 114 cm³/mol. The largest absolute Gasteiger partial charge is 0.490 e. The zero-order valence-corrected chi connectivity index (χ0v) is 17.3. The van der Waals surface area contributed by atoms with E-state index in [2.05, 4.69) is 26.8 Å². The summed E-state index contributed by atoms with van der Waals surface area (Å²) in [6.07, 6.45) is 5.51. The number of hydrogen-bond acceptors (Lipinski definition) is 4. The first kappa shape index (κ1) is 18.5. The molecular formula is C21H15BrN2O3S. The molecule has 5 nitrogen and oxygen atoms in total. The van der Waals surface area contributed by atoms with Crippen LogP contribution in [0.3, 0.4) is 0 Å². The molecule has 1 amide bonds. The second kappa shape index (κ2) is 7.66. The zero-order chi connectivity index (χ0) is 19.7. The summed E-state index contributed by atoms with van der Waals surface area (Å²) >= 11 is 4.87. The van der Waals surface area contributed by atoms with E-state index in [0.717, 1.165) is 20.1 Å². The van der Waals surface area contributed by atoms with Crippen molar-refractivity contribution >= 4 is 54.4 Å². The van der Waals surface area contributed by atoms with Crippen molar-refractivity contribution in [3.63, 3.8) is 0 Å². The average Bonchev–Trinajstić information content (AvgIpc) is 3.25. The van der Waals surface area contributed by atoms with E-state index >= 15 is 0 Å². The van der Waals surface area contributed by atoms with Crippen LogP contribution in [0.25, 0.3) is 21.2 Å². The van der Waals surface area contributed by atoms with Crippen LogP contribution in [0.5, 0.6) is 5.75 Å². The summed E-state index contributed by atoms with van der Waals surface area (Å²) in [4.78, 5) is 17.6. The highest BCUT2D eigenvalue weighted by molar-refractivity contribution is 9.10. The van der Waals surface area contributed by atoms with Crippen molar-refractivity contribution in [1.29, 1.82) is 0 Å². The van der Waals surface area contributed by atoms with Crippen LogP contribution in [0.2, 0.25) is 0 Å². The highest BCUT2D eigenvalue weighted by Gasteiger charge is 2.15. The molecule has 2 heterocycles. The van der Waals surface area contributed by atoms with Crippen LogP contribution in [0.15, 0.2) is 56.3 Å². The molecule has 0 aliphatic carbocycles. The van der Waals surface area contributed by atoms with Gasteiger partial charge in [-0.3, -0.25) is 4.79 Å². The van der Waals surface area contributed by atoms with E-state index < -0.39 is 5.91 Å². The maximum Gasteiger partial charge on any atom is 0.315 e. The van der Waals surface area contributed by atoms with Gasteiger partial charge in [-0.2, -0.15) is 4.99 Å². The fourth-order valence-electron chi connectivity index (χ4n) is 2.93. The number of carbonyl (C=O) groups excluding carboxylic acids is 1. The molecule has 0 atom stereocenters. The Morgan fingerprint density at radius 1 is 1.36 bits per heavy atom. The van der Waals surface area contributed by atoms with Crippen LogP contribution in [0, 0.1) is 12.3 Å². The lowest BCUT2D eigenvalue weighted by atomic mass is 10.2. The van der Waals surface area contributed by atoms with Gasteiger partial charge in [-0.1, -0.05) is 45.3 Å². The molecule has 0 saturated carbocycles. The number of amides is 1. The summed E-state index contributed by atoms with van der Waals surface area (Å²) in [5.74, 6) is 2.92. The SMILES string of the molecule is C#CCn1c(=NC(=O)c2cc3cccc(OCC)c3o2)sc2cc(Br)ccc21. The van der Waals surface area contributed by atoms with Gasteiger partial charge in [-0.05, 0) is 37.3 Å². The van der Waals surface area contributed by atoms with Gasteiger partial charge in [0.25, 0.3) is 0 Å². The van der Waals surface area contributed by atoms with Crippen molar-refractivity contribution < 1.29 is 13.9 Å². The van der Waals surface area contributed by atoms with E-state index in [1.54, 1.807) is 6.07 Å². The van der Waals surface area contributed by atoms with Crippen LogP contribution < -0.4 is 9.54 Å². The summed E-state index contributed by atoms with van der Waals surface area (Å²) in [5.41, 5.74) is 1.47. The fraction of sp³-hybridized carbons (Fsp3) is 0.143. The van der Waals surface area contributed by atoms with Crippen molar-refractivity contribution in [1.82, 2.24) is 4.57 Å².